The lowest BCUT2D eigenvalue weighted by Gasteiger charge is -2.05. The maximum absolute atomic E-state index is 11.3. The topological polar surface area (TPSA) is 59.7 Å². The van der Waals surface area contributed by atoms with Crippen LogP contribution in [0.15, 0.2) is 53.1 Å². The zero-order valence-corrected chi connectivity index (χ0v) is 11.6. The second kappa shape index (κ2) is 5.50. The Morgan fingerprint density at radius 2 is 1.95 bits per heavy atom. The second-order valence-electron chi connectivity index (χ2n) is 4.49. The molecule has 5 heteroatoms. The molecule has 3 aromatic rings. The molecule has 1 aromatic heterocycles. The van der Waals surface area contributed by atoms with Crippen LogP contribution in [-0.4, -0.2) is 11.1 Å². The van der Waals surface area contributed by atoms with E-state index in [9.17, 15) is 9.90 Å². The third kappa shape index (κ3) is 2.71. The molecule has 0 aliphatic rings. The molecule has 0 saturated heterocycles. The first-order valence-corrected chi connectivity index (χ1v) is 6.63. The molecule has 1 heterocycles. The molecule has 1 N–H and O–H groups in total. The molecular weight excluding hydrogens is 292 g/mol. The van der Waals surface area contributed by atoms with Gasteiger partial charge in [-0.2, -0.15) is 0 Å². The van der Waals surface area contributed by atoms with E-state index in [1.165, 1.54) is 6.26 Å². The summed E-state index contributed by atoms with van der Waals surface area (Å²) in [4.78, 5) is 11.3. The Morgan fingerprint density at radius 1 is 1.19 bits per heavy atom. The third-order valence-electron chi connectivity index (χ3n) is 3.11. The number of fused-ring (bicyclic) bond motifs is 1. The number of furan rings is 1. The summed E-state index contributed by atoms with van der Waals surface area (Å²) in [5.41, 5.74) is 1.43. The molecule has 0 fully saturated rings. The predicted molar refractivity (Wildman–Crippen MR) is 79.0 cm³/mol. The van der Waals surface area contributed by atoms with Crippen LogP contribution in [0.4, 0.5) is 0 Å². The van der Waals surface area contributed by atoms with Crippen molar-refractivity contribution in [3.05, 3.63) is 64.9 Å². The fourth-order valence-electron chi connectivity index (χ4n) is 2.13. The third-order valence-corrected chi connectivity index (χ3v) is 3.37. The highest BCUT2D eigenvalue weighted by molar-refractivity contribution is 6.30. The van der Waals surface area contributed by atoms with Crippen molar-refractivity contribution in [2.75, 3.05) is 0 Å². The number of carboxylic acid groups (broad SMARTS) is 1. The van der Waals surface area contributed by atoms with E-state index in [0.717, 1.165) is 0 Å². The number of carboxylic acids is 1. The van der Waals surface area contributed by atoms with E-state index in [-0.39, 0.29) is 12.2 Å². The van der Waals surface area contributed by atoms with Crippen molar-refractivity contribution in [3.63, 3.8) is 0 Å². The van der Waals surface area contributed by atoms with Gasteiger partial charge in [0.15, 0.2) is 0 Å². The molecule has 2 aromatic carbocycles. The number of carbonyl (C=O) groups is 1. The first-order chi connectivity index (χ1) is 10.1. The Morgan fingerprint density at radius 3 is 2.67 bits per heavy atom. The lowest BCUT2D eigenvalue weighted by molar-refractivity contribution is 0.0699. The summed E-state index contributed by atoms with van der Waals surface area (Å²) in [6.07, 6.45) is 1.52. The maximum atomic E-state index is 11.3. The summed E-state index contributed by atoms with van der Waals surface area (Å²) in [6, 6.07) is 11.9. The Balaban J connectivity index is 1.90. The van der Waals surface area contributed by atoms with Crippen LogP contribution < -0.4 is 4.74 Å². The van der Waals surface area contributed by atoms with Crippen molar-refractivity contribution >= 4 is 28.5 Å². The second-order valence-corrected chi connectivity index (χ2v) is 4.92. The molecule has 0 unspecified atom stereocenters. The Labute approximate surface area is 125 Å². The van der Waals surface area contributed by atoms with Crippen molar-refractivity contribution in [2.24, 2.45) is 0 Å². The normalized spacial score (nSPS) is 10.7. The van der Waals surface area contributed by atoms with Crippen molar-refractivity contribution in [3.8, 4) is 5.75 Å². The van der Waals surface area contributed by atoms with E-state index in [1.807, 2.05) is 0 Å². The van der Waals surface area contributed by atoms with Gasteiger partial charge in [0.1, 0.15) is 17.9 Å². The lowest BCUT2D eigenvalue weighted by atomic mass is 10.1. The number of aromatic carboxylic acids is 1. The zero-order valence-electron chi connectivity index (χ0n) is 10.9. The van der Waals surface area contributed by atoms with Crippen LogP contribution in [0.25, 0.3) is 11.0 Å². The average molecular weight is 303 g/mol. The molecule has 0 radical (unpaired) electrons. The molecule has 0 aliphatic heterocycles. The molecule has 21 heavy (non-hydrogen) atoms. The monoisotopic (exact) mass is 302 g/mol. The first-order valence-electron chi connectivity index (χ1n) is 6.26. The van der Waals surface area contributed by atoms with Gasteiger partial charge in [-0.15, -0.1) is 0 Å². The van der Waals surface area contributed by atoms with Crippen molar-refractivity contribution in [1.29, 1.82) is 0 Å². The van der Waals surface area contributed by atoms with E-state index in [2.05, 4.69) is 0 Å². The molecular formula is C16H11ClO4. The largest absolute Gasteiger partial charge is 0.489 e. The van der Waals surface area contributed by atoms with Gasteiger partial charge in [-0.3, -0.25) is 0 Å². The number of hydrogen-bond donors (Lipinski definition) is 1. The summed E-state index contributed by atoms with van der Waals surface area (Å²) < 4.78 is 11.0. The minimum Gasteiger partial charge on any atom is -0.489 e. The predicted octanol–water partition coefficient (Wildman–Crippen LogP) is 4.36. The number of ether oxygens (including phenoxy) is 1. The Bertz CT molecular complexity index is 790. The van der Waals surface area contributed by atoms with Gasteiger partial charge in [-0.05, 0) is 36.4 Å². The van der Waals surface area contributed by atoms with E-state index in [1.54, 1.807) is 42.5 Å². The van der Waals surface area contributed by atoms with Gasteiger partial charge >= 0.3 is 5.97 Å². The van der Waals surface area contributed by atoms with Gasteiger partial charge in [-0.25, -0.2) is 4.79 Å². The van der Waals surface area contributed by atoms with E-state index >= 15 is 0 Å². The number of benzene rings is 2. The lowest BCUT2D eigenvalue weighted by Crippen LogP contribution is -2.00. The molecule has 3 rings (SSSR count). The van der Waals surface area contributed by atoms with Gasteiger partial charge in [0.05, 0.1) is 11.8 Å². The molecule has 0 atom stereocenters. The zero-order chi connectivity index (χ0) is 14.8. The van der Waals surface area contributed by atoms with Gasteiger partial charge in [0.2, 0.25) is 0 Å². The van der Waals surface area contributed by atoms with Crippen LogP contribution in [0, 0.1) is 0 Å². The SMILES string of the molecule is O=C(O)c1cccc2occ(COc3ccc(Cl)cc3)c12. The minimum atomic E-state index is -0.991. The minimum absolute atomic E-state index is 0.205. The van der Waals surface area contributed by atoms with E-state index < -0.39 is 5.97 Å². The Kier molecular flexibility index (Phi) is 3.54. The smallest absolute Gasteiger partial charge is 0.336 e. The van der Waals surface area contributed by atoms with Crippen LogP contribution in [0.1, 0.15) is 15.9 Å². The quantitative estimate of drug-likeness (QED) is 0.777. The molecule has 0 spiro atoms. The summed E-state index contributed by atoms with van der Waals surface area (Å²) in [6.45, 7) is 0.221. The number of halogens is 1. The summed E-state index contributed by atoms with van der Waals surface area (Å²) in [5.74, 6) is -0.337. The van der Waals surface area contributed by atoms with Crippen LogP contribution in [0.3, 0.4) is 0 Å². The van der Waals surface area contributed by atoms with Crippen LogP contribution in [-0.2, 0) is 6.61 Å². The highest BCUT2D eigenvalue weighted by Crippen LogP contribution is 2.26. The van der Waals surface area contributed by atoms with Crippen molar-refractivity contribution in [1.82, 2.24) is 0 Å². The van der Waals surface area contributed by atoms with Crippen LogP contribution in [0.5, 0.6) is 5.75 Å². The molecule has 0 saturated carbocycles. The molecule has 0 amide bonds. The number of hydrogen-bond acceptors (Lipinski definition) is 3. The van der Waals surface area contributed by atoms with Crippen LogP contribution in [0.2, 0.25) is 5.02 Å². The molecule has 0 aliphatic carbocycles. The van der Waals surface area contributed by atoms with Crippen molar-refractivity contribution < 1.29 is 19.1 Å². The van der Waals surface area contributed by atoms with Crippen molar-refractivity contribution in [2.45, 2.75) is 6.61 Å². The maximum Gasteiger partial charge on any atom is 0.336 e. The van der Waals surface area contributed by atoms with Gasteiger partial charge in [0, 0.05) is 16.0 Å². The molecule has 0 bridgehead atoms. The van der Waals surface area contributed by atoms with Gasteiger partial charge in [-0.1, -0.05) is 17.7 Å². The number of rotatable bonds is 4. The highest BCUT2D eigenvalue weighted by Gasteiger charge is 2.15. The Hall–Kier alpha value is -2.46. The standard InChI is InChI=1S/C16H11ClO4/c17-11-4-6-12(7-5-11)20-8-10-9-21-14-3-1-2-13(15(10)14)16(18)19/h1-7,9H,8H2,(H,18,19). The fourth-order valence-corrected chi connectivity index (χ4v) is 2.26. The average Bonchev–Trinajstić information content (AvgIpc) is 2.90. The van der Waals surface area contributed by atoms with E-state index in [4.69, 9.17) is 20.8 Å². The molecule has 106 valence electrons. The van der Waals surface area contributed by atoms with Crippen LogP contribution >= 0.6 is 11.6 Å². The summed E-state index contributed by atoms with van der Waals surface area (Å²) in [5, 5.41) is 10.4. The fraction of sp³-hybridized carbons (Fsp3) is 0.0625. The van der Waals surface area contributed by atoms with Gasteiger partial charge < -0.3 is 14.3 Å². The van der Waals surface area contributed by atoms with Gasteiger partial charge in [0.25, 0.3) is 0 Å². The molecule has 4 nitrogen and oxygen atoms in total. The summed E-state index contributed by atoms with van der Waals surface area (Å²) >= 11 is 5.81. The van der Waals surface area contributed by atoms with E-state index in [0.29, 0.717) is 27.3 Å². The highest BCUT2D eigenvalue weighted by atomic mass is 35.5. The first kappa shape index (κ1) is 13.5. The summed E-state index contributed by atoms with van der Waals surface area (Å²) in [7, 11) is 0.